The van der Waals surface area contributed by atoms with Gasteiger partial charge in [0.1, 0.15) is 0 Å². The number of aryl methyl sites for hydroxylation is 2. The fourth-order valence-corrected chi connectivity index (χ4v) is 4.84. The molecule has 0 N–H and O–H groups in total. The molecule has 2 aliphatic rings. The van der Waals surface area contributed by atoms with E-state index in [2.05, 4.69) is 50.2 Å². The summed E-state index contributed by atoms with van der Waals surface area (Å²) in [5, 5.41) is 0. The summed E-state index contributed by atoms with van der Waals surface area (Å²) in [7, 11) is 0. The van der Waals surface area contributed by atoms with Crippen LogP contribution in [0.3, 0.4) is 0 Å². The highest BCUT2D eigenvalue weighted by Gasteiger charge is 2.45. The van der Waals surface area contributed by atoms with Gasteiger partial charge in [-0.05, 0) is 60.1 Å². The van der Waals surface area contributed by atoms with Crippen molar-refractivity contribution in [3.05, 3.63) is 58.7 Å². The van der Waals surface area contributed by atoms with Crippen LogP contribution in [0.2, 0.25) is 0 Å². The second kappa shape index (κ2) is 4.22. The molecule has 0 unspecified atom stereocenters. The highest BCUT2D eigenvalue weighted by Crippen LogP contribution is 2.57. The number of benzene rings is 2. The Morgan fingerprint density at radius 2 is 1.20 bits per heavy atom. The molecule has 20 heavy (non-hydrogen) atoms. The number of hydrogen-bond acceptors (Lipinski definition) is 0. The van der Waals surface area contributed by atoms with Gasteiger partial charge in [0.05, 0.1) is 0 Å². The summed E-state index contributed by atoms with van der Waals surface area (Å²) < 4.78 is 0. The summed E-state index contributed by atoms with van der Waals surface area (Å²) in [6, 6.07) is 13.7. The molecule has 1 fully saturated rings. The molecule has 0 nitrogen and oxygen atoms in total. The highest BCUT2D eigenvalue weighted by atomic mass is 14.5. The average molecular weight is 262 g/mol. The molecule has 0 heteroatoms. The van der Waals surface area contributed by atoms with Crippen molar-refractivity contribution in [1.29, 1.82) is 0 Å². The molecule has 0 saturated heterocycles. The Balaban J connectivity index is 2.10. The van der Waals surface area contributed by atoms with Gasteiger partial charge in [-0.3, -0.25) is 0 Å². The van der Waals surface area contributed by atoms with Crippen molar-refractivity contribution in [2.45, 2.75) is 51.4 Å². The molecule has 1 spiro atoms. The molecule has 0 aliphatic heterocycles. The fourth-order valence-electron chi connectivity index (χ4n) is 4.84. The van der Waals surface area contributed by atoms with E-state index in [-0.39, 0.29) is 0 Å². The lowest BCUT2D eigenvalue weighted by Gasteiger charge is -2.37. The lowest BCUT2D eigenvalue weighted by atomic mass is 9.66. The Labute approximate surface area is 121 Å². The van der Waals surface area contributed by atoms with Crippen LogP contribution >= 0.6 is 0 Å². The maximum absolute atomic E-state index is 2.34. The molecular weight excluding hydrogens is 240 g/mol. The molecule has 2 aromatic carbocycles. The van der Waals surface area contributed by atoms with Crippen molar-refractivity contribution in [3.63, 3.8) is 0 Å². The third-order valence-electron chi connectivity index (χ3n) is 5.50. The smallest absolute Gasteiger partial charge is 0.0220 e. The molecule has 0 aromatic heterocycles. The van der Waals surface area contributed by atoms with Gasteiger partial charge in [0, 0.05) is 5.41 Å². The molecule has 0 radical (unpaired) electrons. The van der Waals surface area contributed by atoms with Crippen molar-refractivity contribution in [2.24, 2.45) is 0 Å². The number of rotatable bonds is 0. The second-order valence-electron chi connectivity index (χ2n) is 6.64. The first-order chi connectivity index (χ1) is 9.74. The van der Waals surface area contributed by atoms with Crippen LogP contribution in [0, 0.1) is 13.8 Å². The summed E-state index contributed by atoms with van der Waals surface area (Å²) in [6.07, 6.45) is 6.83. The van der Waals surface area contributed by atoms with Gasteiger partial charge in [-0.1, -0.05) is 55.7 Å². The minimum Gasteiger partial charge on any atom is -0.0614 e. The molecule has 102 valence electrons. The van der Waals surface area contributed by atoms with Gasteiger partial charge < -0.3 is 0 Å². The standard InChI is InChI=1S/C20H22/c1-14-8-6-10-16-17-11-7-9-15(2)19(17)20(18(14)16)12-4-3-5-13-20/h6-11H,3-5,12-13H2,1-2H3. The van der Waals surface area contributed by atoms with E-state index in [9.17, 15) is 0 Å². The monoisotopic (exact) mass is 262 g/mol. The Morgan fingerprint density at radius 3 is 1.70 bits per heavy atom. The first kappa shape index (κ1) is 12.2. The zero-order valence-electron chi connectivity index (χ0n) is 12.5. The highest BCUT2D eigenvalue weighted by molar-refractivity contribution is 5.83. The first-order valence-electron chi connectivity index (χ1n) is 7.95. The van der Waals surface area contributed by atoms with E-state index in [1.54, 1.807) is 11.1 Å². The summed E-state index contributed by atoms with van der Waals surface area (Å²) in [6.45, 7) is 4.60. The van der Waals surface area contributed by atoms with E-state index in [1.165, 1.54) is 54.4 Å². The Bertz CT molecular complexity index is 619. The van der Waals surface area contributed by atoms with E-state index in [4.69, 9.17) is 0 Å². The van der Waals surface area contributed by atoms with Crippen molar-refractivity contribution < 1.29 is 0 Å². The summed E-state index contributed by atoms with van der Waals surface area (Å²) in [5.74, 6) is 0. The van der Waals surface area contributed by atoms with Gasteiger partial charge in [-0.25, -0.2) is 0 Å². The summed E-state index contributed by atoms with van der Waals surface area (Å²) in [5.41, 5.74) is 9.59. The first-order valence-corrected chi connectivity index (χ1v) is 7.95. The largest absolute Gasteiger partial charge is 0.0614 e. The van der Waals surface area contributed by atoms with Gasteiger partial charge in [-0.2, -0.15) is 0 Å². The normalized spacial score (nSPS) is 18.9. The van der Waals surface area contributed by atoms with Crippen LogP contribution in [-0.4, -0.2) is 0 Å². The zero-order valence-corrected chi connectivity index (χ0v) is 12.5. The third kappa shape index (κ3) is 1.43. The molecule has 0 bridgehead atoms. The molecule has 1 saturated carbocycles. The van der Waals surface area contributed by atoms with Crippen molar-refractivity contribution in [2.75, 3.05) is 0 Å². The zero-order chi connectivity index (χ0) is 13.7. The van der Waals surface area contributed by atoms with E-state index in [0.717, 1.165) is 0 Å². The number of hydrogen-bond donors (Lipinski definition) is 0. The van der Waals surface area contributed by atoms with Gasteiger partial charge in [0.2, 0.25) is 0 Å². The Kier molecular flexibility index (Phi) is 2.57. The molecule has 2 aromatic rings. The number of fused-ring (bicyclic) bond motifs is 5. The van der Waals surface area contributed by atoms with Gasteiger partial charge in [-0.15, -0.1) is 0 Å². The van der Waals surface area contributed by atoms with E-state index >= 15 is 0 Å². The van der Waals surface area contributed by atoms with Gasteiger partial charge in [0.25, 0.3) is 0 Å². The Morgan fingerprint density at radius 1 is 0.700 bits per heavy atom. The maximum atomic E-state index is 2.34. The van der Waals surface area contributed by atoms with Crippen molar-refractivity contribution >= 4 is 0 Å². The molecule has 4 rings (SSSR count). The molecular formula is C20H22. The van der Waals surface area contributed by atoms with Gasteiger partial charge >= 0.3 is 0 Å². The van der Waals surface area contributed by atoms with Crippen LogP contribution in [0.1, 0.15) is 54.4 Å². The molecule has 2 aliphatic carbocycles. The van der Waals surface area contributed by atoms with Crippen LogP contribution in [0.15, 0.2) is 36.4 Å². The van der Waals surface area contributed by atoms with E-state index < -0.39 is 0 Å². The third-order valence-corrected chi connectivity index (χ3v) is 5.50. The summed E-state index contributed by atoms with van der Waals surface area (Å²) >= 11 is 0. The predicted octanol–water partition coefficient (Wildman–Crippen LogP) is 5.53. The van der Waals surface area contributed by atoms with Crippen LogP contribution in [0.4, 0.5) is 0 Å². The minimum absolute atomic E-state index is 0.319. The average Bonchev–Trinajstić information content (AvgIpc) is 2.73. The SMILES string of the molecule is Cc1cccc2c1C1(CCCCC1)c1c(C)cccc1-2. The van der Waals surface area contributed by atoms with E-state index in [0.29, 0.717) is 5.41 Å². The fraction of sp³-hybridized carbons (Fsp3) is 0.400. The van der Waals surface area contributed by atoms with Gasteiger partial charge in [0.15, 0.2) is 0 Å². The van der Waals surface area contributed by atoms with Crippen LogP contribution in [0.5, 0.6) is 0 Å². The molecule has 0 amide bonds. The summed E-state index contributed by atoms with van der Waals surface area (Å²) in [4.78, 5) is 0. The molecule has 0 heterocycles. The quantitative estimate of drug-likeness (QED) is 0.585. The van der Waals surface area contributed by atoms with Crippen molar-refractivity contribution in [3.8, 4) is 11.1 Å². The topological polar surface area (TPSA) is 0 Å². The molecule has 0 atom stereocenters. The Hall–Kier alpha value is -1.56. The minimum atomic E-state index is 0.319. The van der Waals surface area contributed by atoms with E-state index in [1.807, 2.05) is 0 Å². The maximum Gasteiger partial charge on any atom is 0.0220 e. The van der Waals surface area contributed by atoms with Crippen LogP contribution in [-0.2, 0) is 5.41 Å². The lowest BCUT2D eigenvalue weighted by Crippen LogP contribution is -2.29. The predicted molar refractivity (Wildman–Crippen MR) is 85.2 cm³/mol. The van der Waals surface area contributed by atoms with Crippen molar-refractivity contribution in [1.82, 2.24) is 0 Å². The second-order valence-corrected chi connectivity index (χ2v) is 6.64. The van der Waals surface area contributed by atoms with Crippen LogP contribution < -0.4 is 0 Å². The van der Waals surface area contributed by atoms with Crippen LogP contribution in [0.25, 0.3) is 11.1 Å². The lowest BCUT2D eigenvalue weighted by molar-refractivity contribution is 0.350.